The molecule has 10 heteroatoms. The lowest BCUT2D eigenvalue weighted by atomic mass is 10.0. The molecule has 3 aromatic carbocycles. The standard InChI is InChI=1S/C26H26ClN3O5S/c1-36(33,34)29-21(19-11-13-20(27)14-12-19)15-25(31)30-17-24(35-23-10-6-5-9-22(23)30)26(32)28-16-18-7-3-2-4-8-18/h2-14,21,24,29H,15-17H2,1H3,(H,28,32)/t21-,24-/m1/s1. The van der Waals surface area contributed by atoms with E-state index in [-0.39, 0.29) is 24.8 Å². The number of para-hydroxylation sites is 2. The molecule has 0 spiro atoms. The highest BCUT2D eigenvalue weighted by Gasteiger charge is 2.35. The monoisotopic (exact) mass is 527 g/mol. The lowest BCUT2D eigenvalue weighted by Gasteiger charge is -2.35. The van der Waals surface area contributed by atoms with E-state index in [2.05, 4.69) is 10.0 Å². The van der Waals surface area contributed by atoms with Gasteiger partial charge in [-0.3, -0.25) is 9.59 Å². The molecule has 2 N–H and O–H groups in total. The zero-order valence-electron chi connectivity index (χ0n) is 19.6. The maximum atomic E-state index is 13.5. The number of amides is 2. The Morgan fingerprint density at radius 2 is 1.69 bits per heavy atom. The van der Waals surface area contributed by atoms with E-state index in [1.807, 2.05) is 30.3 Å². The predicted octanol–water partition coefficient (Wildman–Crippen LogP) is 3.43. The number of ether oxygens (including phenoxy) is 1. The van der Waals surface area contributed by atoms with E-state index in [0.717, 1.165) is 11.8 Å². The third-order valence-electron chi connectivity index (χ3n) is 5.68. The molecule has 0 aromatic heterocycles. The molecule has 0 saturated carbocycles. The molecule has 0 radical (unpaired) electrons. The van der Waals surface area contributed by atoms with Crippen LogP contribution in [-0.2, 0) is 26.2 Å². The molecule has 0 fully saturated rings. The highest BCUT2D eigenvalue weighted by Crippen LogP contribution is 2.34. The fourth-order valence-corrected chi connectivity index (χ4v) is 4.83. The molecule has 3 aromatic rings. The summed E-state index contributed by atoms with van der Waals surface area (Å²) in [6.45, 7) is 0.314. The van der Waals surface area contributed by atoms with Crippen LogP contribution in [0.1, 0.15) is 23.6 Å². The fourth-order valence-electron chi connectivity index (χ4n) is 3.97. The third kappa shape index (κ3) is 6.63. The van der Waals surface area contributed by atoms with E-state index in [1.165, 1.54) is 4.90 Å². The van der Waals surface area contributed by atoms with Gasteiger partial charge in [-0.25, -0.2) is 13.1 Å². The summed E-state index contributed by atoms with van der Waals surface area (Å²) in [6, 6.07) is 22.2. The summed E-state index contributed by atoms with van der Waals surface area (Å²) in [5.74, 6) is -0.312. The number of carbonyl (C=O) groups excluding carboxylic acids is 2. The van der Waals surface area contributed by atoms with E-state index in [0.29, 0.717) is 28.6 Å². The van der Waals surface area contributed by atoms with Crippen LogP contribution < -0.4 is 19.7 Å². The topological polar surface area (TPSA) is 105 Å². The van der Waals surface area contributed by atoms with Gasteiger partial charge in [0, 0.05) is 18.0 Å². The van der Waals surface area contributed by atoms with Crippen molar-refractivity contribution in [3.63, 3.8) is 0 Å². The zero-order valence-corrected chi connectivity index (χ0v) is 21.1. The molecule has 0 saturated heterocycles. The Morgan fingerprint density at radius 3 is 2.39 bits per heavy atom. The summed E-state index contributed by atoms with van der Waals surface area (Å²) < 4.78 is 32.5. The van der Waals surface area contributed by atoms with Crippen molar-refractivity contribution < 1.29 is 22.7 Å². The quantitative estimate of drug-likeness (QED) is 0.467. The highest BCUT2D eigenvalue weighted by atomic mass is 35.5. The van der Waals surface area contributed by atoms with Gasteiger partial charge < -0.3 is 15.0 Å². The minimum Gasteiger partial charge on any atom is -0.477 e. The van der Waals surface area contributed by atoms with Gasteiger partial charge in [-0.15, -0.1) is 0 Å². The number of anilines is 1. The van der Waals surface area contributed by atoms with Crippen LogP contribution in [0.5, 0.6) is 5.75 Å². The Bertz CT molecular complexity index is 1330. The van der Waals surface area contributed by atoms with Crippen LogP contribution in [0.4, 0.5) is 5.69 Å². The molecular formula is C26H26ClN3O5S. The summed E-state index contributed by atoms with van der Waals surface area (Å²) in [4.78, 5) is 27.9. The number of hydrogen-bond acceptors (Lipinski definition) is 5. The van der Waals surface area contributed by atoms with Crippen molar-refractivity contribution in [2.24, 2.45) is 0 Å². The summed E-state index contributed by atoms with van der Waals surface area (Å²) in [7, 11) is -3.62. The third-order valence-corrected chi connectivity index (χ3v) is 6.65. The van der Waals surface area contributed by atoms with Crippen LogP contribution in [0.25, 0.3) is 0 Å². The van der Waals surface area contributed by atoms with Gasteiger partial charge in [0.1, 0.15) is 5.75 Å². The second-order valence-corrected chi connectivity index (χ2v) is 10.7. The molecule has 4 rings (SSSR count). The van der Waals surface area contributed by atoms with E-state index in [4.69, 9.17) is 16.3 Å². The number of sulfonamides is 1. The van der Waals surface area contributed by atoms with Crippen molar-refractivity contribution in [2.75, 3.05) is 17.7 Å². The lowest BCUT2D eigenvalue weighted by molar-refractivity contribution is -0.128. The number of hydrogen-bond donors (Lipinski definition) is 2. The van der Waals surface area contributed by atoms with Crippen molar-refractivity contribution in [3.05, 3.63) is 95.0 Å². The largest absolute Gasteiger partial charge is 0.477 e. The van der Waals surface area contributed by atoms with Crippen LogP contribution >= 0.6 is 11.6 Å². The van der Waals surface area contributed by atoms with Gasteiger partial charge in [0.2, 0.25) is 15.9 Å². The first-order valence-electron chi connectivity index (χ1n) is 11.3. The molecular weight excluding hydrogens is 502 g/mol. The number of benzene rings is 3. The second-order valence-electron chi connectivity index (χ2n) is 8.48. The van der Waals surface area contributed by atoms with Crippen molar-refractivity contribution in [3.8, 4) is 5.75 Å². The van der Waals surface area contributed by atoms with Gasteiger partial charge in [-0.1, -0.05) is 66.2 Å². The van der Waals surface area contributed by atoms with E-state index in [9.17, 15) is 18.0 Å². The van der Waals surface area contributed by atoms with Gasteiger partial charge >= 0.3 is 0 Å². The zero-order chi connectivity index (χ0) is 25.7. The van der Waals surface area contributed by atoms with Crippen LogP contribution in [0.15, 0.2) is 78.9 Å². The lowest BCUT2D eigenvalue weighted by Crippen LogP contribution is -2.51. The van der Waals surface area contributed by atoms with Gasteiger partial charge in [0.05, 0.1) is 24.5 Å². The normalized spacial score (nSPS) is 15.9. The first-order valence-corrected chi connectivity index (χ1v) is 13.6. The summed E-state index contributed by atoms with van der Waals surface area (Å²) >= 11 is 5.98. The van der Waals surface area contributed by atoms with Gasteiger partial charge in [0.15, 0.2) is 6.10 Å². The SMILES string of the molecule is CS(=O)(=O)N[C@H](CC(=O)N1C[C@H](C(=O)NCc2ccccc2)Oc2ccccc21)c1ccc(Cl)cc1. The second kappa shape index (κ2) is 11.1. The molecule has 0 aliphatic carbocycles. The van der Waals surface area contributed by atoms with Crippen LogP contribution in [-0.4, -0.2) is 39.1 Å². The maximum Gasteiger partial charge on any atom is 0.263 e. The van der Waals surface area contributed by atoms with E-state index in [1.54, 1.807) is 48.5 Å². The number of carbonyl (C=O) groups is 2. The molecule has 1 aliphatic rings. The molecule has 1 aliphatic heterocycles. The predicted molar refractivity (Wildman–Crippen MR) is 138 cm³/mol. The van der Waals surface area contributed by atoms with Crippen molar-refractivity contribution in [1.82, 2.24) is 10.0 Å². The minimum atomic E-state index is -3.62. The first-order chi connectivity index (χ1) is 17.2. The Hall–Kier alpha value is -3.40. The minimum absolute atomic E-state index is 0.0112. The average Bonchev–Trinajstić information content (AvgIpc) is 2.86. The van der Waals surface area contributed by atoms with Crippen LogP contribution in [0.2, 0.25) is 5.02 Å². The Kier molecular flexibility index (Phi) is 7.93. The average molecular weight is 528 g/mol. The number of nitrogens with zero attached hydrogens (tertiary/aromatic N) is 1. The van der Waals surface area contributed by atoms with Gasteiger partial charge in [-0.05, 0) is 35.4 Å². The Labute approximate surface area is 215 Å². The molecule has 188 valence electrons. The van der Waals surface area contributed by atoms with E-state index >= 15 is 0 Å². The summed E-state index contributed by atoms with van der Waals surface area (Å²) in [5, 5.41) is 3.35. The smallest absolute Gasteiger partial charge is 0.263 e. The fraction of sp³-hybridized carbons (Fsp3) is 0.231. The molecule has 8 nitrogen and oxygen atoms in total. The molecule has 2 atom stereocenters. The summed E-state index contributed by atoms with van der Waals surface area (Å²) in [5.41, 5.74) is 2.05. The Balaban J connectivity index is 1.54. The number of rotatable bonds is 8. The number of halogens is 1. The summed E-state index contributed by atoms with van der Waals surface area (Å²) in [6.07, 6.45) is -0.0525. The van der Waals surface area contributed by atoms with E-state index < -0.39 is 22.2 Å². The first kappa shape index (κ1) is 25.7. The molecule has 36 heavy (non-hydrogen) atoms. The van der Waals surface area contributed by atoms with Gasteiger partial charge in [0.25, 0.3) is 5.91 Å². The van der Waals surface area contributed by atoms with Crippen molar-refractivity contribution in [2.45, 2.75) is 25.1 Å². The maximum absolute atomic E-state index is 13.5. The molecule has 0 bridgehead atoms. The molecule has 1 heterocycles. The van der Waals surface area contributed by atoms with Crippen LogP contribution in [0.3, 0.4) is 0 Å². The number of fused-ring (bicyclic) bond motifs is 1. The van der Waals surface area contributed by atoms with Crippen LogP contribution in [0, 0.1) is 0 Å². The molecule has 0 unspecified atom stereocenters. The highest BCUT2D eigenvalue weighted by molar-refractivity contribution is 7.88. The number of nitrogens with one attached hydrogen (secondary N) is 2. The van der Waals surface area contributed by atoms with Gasteiger partial charge in [-0.2, -0.15) is 0 Å². The Morgan fingerprint density at radius 1 is 1.03 bits per heavy atom. The molecule has 2 amide bonds. The van der Waals surface area contributed by atoms with Crippen molar-refractivity contribution >= 4 is 39.1 Å². The van der Waals surface area contributed by atoms with Crippen molar-refractivity contribution in [1.29, 1.82) is 0 Å².